The van der Waals surface area contributed by atoms with Crippen LogP contribution in [0.5, 0.6) is 0 Å². The molecule has 0 atom stereocenters. The quantitative estimate of drug-likeness (QED) is 0.627. The molecule has 2 aromatic rings. The first-order chi connectivity index (χ1) is 15.7. The topological polar surface area (TPSA) is 61.9 Å². The Hall–Kier alpha value is -2.86. The highest BCUT2D eigenvalue weighted by Gasteiger charge is 2.28. The SMILES string of the molecule is CCCCOC(=O)Nc1ccc2c(c1)N(C(=O)CN1CCCCC1)c1ccccc1CC2. The molecule has 0 bridgehead atoms. The van der Waals surface area contributed by atoms with Crippen molar-refractivity contribution in [3.05, 3.63) is 53.6 Å². The third-order valence-electron chi connectivity index (χ3n) is 6.26. The normalized spacial score (nSPS) is 16.0. The van der Waals surface area contributed by atoms with Gasteiger partial charge in [0.25, 0.3) is 0 Å². The summed E-state index contributed by atoms with van der Waals surface area (Å²) in [6, 6.07) is 14.0. The Morgan fingerprint density at radius 1 is 0.969 bits per heavy atom. The molecule has 2 aliphatic heterocycles. The maximum absolute atomic E-state index is 13.6. The average molecular weight is 436 g/mol. The molecule has 0 aromatic heterocycles. The number of benzene rings is 2. The van der Waals surface area contributed by atoms with Crippen LogP contribution in [0.1, 0.15) is 50.2 Å². The Labute approximate surface area is 190 Å². The molecule has 4 rings (SSSR count). The van der Waals surface area contributed by atoms with Gasteiger partial charge in [0.15, 0.2) is 0 Å². The molecule has 2 amide bonds. The van der Waals surface area contributed by atoms with Crippen molar-refractivity contribution >= 4 is 29.1 Å². The molecule has 6 heteroatoms. The third-order valence-corrected chi connectivity index (χ3v) is 6.26. The number of anilines is 3. The number of unbranched alkanes of at least 4 members (excludes halogenated alkanes) is 1. The van der Waals surface area contributed by atoms with Gasteiger partial charge in [-0.25, -0.2) is 4.79 Å². The number of fused-ring (bicyclic) bond motifs is 2. The van der Waals surface area contributed by atoms with Gasteiger partial charge in [0.1, 0.15) is 0 Å². The zero-order valence-corrected chi connectivity index (χ0v) is 18.9. The number of carbonyl (C=O) groups is 2. The van der Waals surface area contributed by atoms with Crippen molar-refractivity contribution in [3.63, 3.8) is 0 Å². The summed E-state index contributed by atoms with van der Waals surface area (Å²) in [5.74, 6) is 0.0742. The summed E-state index contributed by atoms with van der Waals surface area (Å²) in [7, 11) is 0. The van der Waals surface area contributed by atoms with Crippen LogP contribution in [0.3, 0.4) is 0 Å². The Kier molecular flexibility index (Phi) is 7.43. The predicted molar refractivity (Wildman–Crippen MR) is 128 cm³/mol. The monoisotopic (exact) mass is 435 g/mol. The van der Waals surface area contributed by atoms with Crippen LogP contribution < -0.4 is 10.2 Å². The maximum atomic E-state index is 13.6. The molecule has 2 aliphatic rings. The van der Waals surface area contributed by atoms with Gasteiger partial charge in [0, 0.05) is 5.69 Å². The van der Waals surface area contributed by atoms with Gasteiger partial charge in [-0.3, -0.25) is 19.9 Å². The molecule has 0 radical (unpaired) electrons. The lowest BCUT2D eigenvalue weighted by Crippen LogP contribution is -2.40. The lowest BCUT2D eigenvalue weighted by Gasteiger charge is -2.30. The molecule has 32 heavy (non-hydrogen) atoms. The second-order valence-electron chi connectivity index (χ2n) is 8.65. The van der Waals surface area contributed by atoms with Gasteiger partial charge in [0.2, 0.25) is 5.91 Å². The molecule has 6 nitrogen and oxygen atoms in total. The van der Waals surface area contributed by atoms with Gasteiger partial charge in [-0.05, 0) is 74.5 Å². The average Bonchev–Trinajstić information content (AvgIpc) is 2.96. The molecule has 0 saturated carbocycles. The Bertz CT molecular complexity index is 953. The van der Waals surface area contributed by atoms with E-state index in [1.807, 2.05) is 41.3 Å². The van der Waals surface area contributed by atoms with Gasteiger partial charge in [-0.15, -0.1) is 0 Å². The molecule has 0 unspecified atom stereocenters. The second-order valence-corrected chi connectivity index (χ2v) is 8.65. The highest BCUT2D eigenvalue weighted by atomic mass is 16.5. The zero-order valence-electron chi connectivity index (χ0n) is 18.9. The molecule has 1 fully saturated rings. The van der Waals surface area contributed by atoms with Crippen LogP contribution >= 0.6 is 0 Å². The first-order valence-electron chi connectivity index (χ1n) is 11.9. The van der Waals surface area contributed by atoms with E-state index in [9.17, 15) is 9.59 Å². The minimum Gasteiger partial charge on any atom is -0.449 e. The molecule has 0 aliphatic carbocycles. The molecule has 2 heterocycles. The number of rotatable bonds is 6. The molecular formula is C26H33N3O3. The predicted octanol–water partition coefficient (Wildman–Crippen LogP) is 5.28. The standard InChI is InChI=1S/C26H33N3O3/c1-2-3-17-32-26(31)27-22-14-13-21-12-11-20-9-5-6-10-23(20)29(24(21)18-22)25(30)19-28-15-7-4-8-16-28/h5-6,9-10,13-14,18H,2-4,7-8,11-12,15-17,19H2,1H3,(H,27,31). The molecular weight excluding hydrogens is 402 g/mol. The van der Waals surface area contributed by atoms with Crippen molar-refractivity contribution in [3.8, 4) is 0 Å². The van der Waals surface area contributed by atoms with Crippen LogP contribution in [-0.4, -0.2) is 43.1 Å². The van der Waals surface area contributed by atoms with Gasteiger partial charge >= 0.3 is 6.09 Å². The molecule has 1 N–H and O–H groups in total. The number of nitrogens with zero attached hydrogens (tertiary/aromatic N) is 2. The lowest BCUT2D eigenvalue weighted by atomic mass is 10.0. The van der Waals surface area contributed by atoms with Crippen LogP contribution in [0.15, 0.2) is 42.5 Å². The Balaban J connectivity index is 1.62. The van der Waals surface area contributed by atoms with Crippen LogP contribution in [0.2, 0.25) is 0 Å². The fourth-order valence-electron chi connectivity index (χ4n) is 4.51. The lowest BCUT2D eigenvalue weighted by molar-refractivity contribution is -0.119. The van der Waals surface area contributed by atoms with Crippen molar-refractivity contribution in [1.82, 2.24) is 4.90 Å². The summed E-state index contributed by atoms with van der Waals surface area (Å²) >= 11 is 0. The van der Waals surface area contributed by atoms with E-state index in [1.54, 1.807) is 0 Å². The molecule has 170 valence electrons. The number of aryl methyl sites for hydroxylation is 2. The van der Waals surface area contributed by atoms with Crippen LogP contribution in [-0.2, 0) is 22.4 Å². The first-order valence-corrected chi connectivity index (χ1v) is 11.9. The minimum atomic E-state index is -0.460. The number of ether oxygens (including phenoxy) is 1. The van der Waals surface area contributed by atoms with E-state index in [0.717, 1.165) is 68.6 Å². The van der Waals surface area contributed by atoms with Crippen molar-refractivity contribution < 1.29 is 14.3 Å². The van der Waals surface area contributed by atoms with E-state index in [-0.39, 0.29) is 5.91 Å². The smallest absolute Gasteiger partial charge is 0.411 e. The van der Waals surface area contributed by atoms with Crippen molar-refractivity contribution in [2.75, 3.05) is 36.5 Å². The van der Waals surface area contributed by atoms with E-state index in [0.29, 0.717) is 18.8 Å². The van der Waals surface area contributed by atoms with E-state index < -0.39 is 6.09 Å². The first kappa shape index (κ1) is 22.3. The summed E-state index contributed by atoms with van der Waals surface area (Å²) in [6.45, 7) is 4.81. The van der Waals surface area contributed by atoms with E-state index in [1.165, 1.54) is 12.0 Å². The molecule has 0 spiro atoms. The number of hydrogen-bond acceptors (Lipinski definition) is 4. The minimum absolute atomic E-state index is 0.0742. The molecule has 1 saturated heterocycles. The van der Waals surface area contributed by atoms with Crippen LogP contribution in [0.25, 0.3) is 0 Å². The van der Waals surface area contributed by atoms with E-state index >= 15 is 0 Å². The summed E-state index contributed by atoms with van der Waals surface area (Å²) in [5, 5.41) is 2.83. The van der Waals surface area contributed by atoms with Crippen molar-refractivity contribution in [2.45, 2.75) is 51.9 Å². The van der Waals surface area contributed by atoms with Crippen LogP contribution in [0.4, 0.5) is 21.9 Å². The number of para-hydroxylation sites is 1. The maximum Gasteiger partial charge on any atom is 0.411 e. The van der Waals surface area contributed by atoms with Gasteiger partial charge < -0.3 is 4.74 Å². The van der Waals surface area contributed by atoms with Gasteiger partial charge in [-0.1, -0.05) is 44.0 Å². The van der Waals surface area contributed by atoms with Gasteiger partial charge in [0.05, 0.1) is 24.5 Å². The largest absolute Gasteiger partial charge is 0.449 e. The Morgan fingerprint density at radius 3 is 2.50 bits per heavy atom. The third kappa shape index (κ3) is 5.30. The van der Waals surface area contributed by atoms with Crippen molar-refractivity contribution in [1.29, 1.82) is 0 Å². The Morgan fingerprint density at radius 2 is 1.72 bits per heavy atom. The fraction of sp³-hybridized carbons (Fsp3) is 0.462. The highest BCUT2D eigenvalue weighted by molar-refractivity contribution is 6.04. The summed E-state index contributed by atoms with van der Waals surface area (Å²) in [4.78, 5) is 29.9. The highest BCUT2D eigenvalue weighted by Crippen LogP contribution is 2.38. The number of piperidine rings is 1. The summed E-state index contributed by atoms with van der Waals surface area (Å²) < 4.78 is 5.25. The molecule has 2 aromatic carbocycles. The van der Waals surface area contributed by atoms with Gasteiger partial charge in [-0.2, -0.15) is 0 Å². The number of carbonyl (C=O) groups excluding carboxylic acids is 2. The van der Waals surface area contributed by atoms with Crippen LogP contribution in [0, 0.1) is 0 Å². The number of nitrogens with one attached hydrogen (secondary N) is 1. The van der Waals surface area contributed by atoms with E-state index in [4.69, 9.17) is 4.74 Å². The fourth-order valence-corrected chi connectivity index (χ4v) is 4.51. The second kappa shape index (κ2) is 10.6. The van der Waals surface area contributed by atoms with Crippen molar-refractivity contribution in [2.24, 2.45) is 0 Å². The summed E-state index contributed by atoms with van der Waals surface area (Å²) in [6.07, 6.45) is 6.61. The number of hydrogen-bond donors (Lipinski definition) is 1. The van der Waals surface area contributed by atoms with E-state index in [2.05, 4.69) is 23.2 Å². The summed E-state index contributed by atoms with van der Waals surface area (Å²) in [5.41, 5.74) is 4.71. The number of likely N-dealkylation sites (tertiary alicyclic amines) is 1. The zero-order chi connectivity index (χ0) is 22.3. The number of amides is 2.